The number of hydrogen-bond donors (Lipinski definition) is 1. The molecule has 4 rings (SSSR count). The van der Waals surface area contributed by atoms with Crippen LogP contribution in [0.3, 0.4) is 0 Å². The summed E-state index contributed by atoms with van der Waals surface area (Å²) in [6, 6.07) is 25.7. The van der Waals surface area contributed by atoms with Gasteiger partial charge in [-0.05, 0) is 39.2 Å². The minimum absolute atomic E-state index is 0.108. The molecule has 1 amide bonds. The van der Waals surface area contributed by atoms with E-state index in [1.165, 1.54) is 0 Å². The summed E-state index contributed by atoms with van der Waals surface area (Å²) in [5.41, 5.74) is 3.89. The number of anilines is 1. The summed E-state index contributed by atoms with van der Waals surface area (Å²) < 4.78 is 6.15. The molecule has 0 saturated carbocycles. The lowest BCUT2D eigenvalue weighted by Crippen LogP contribution is -2.12. The molecule has 4 aromatic rings. The molecular formula is C23H18BrN3O2. The van der Waals surface area contributed by atoms with Gasteiger partial charge in [0, 0.05) is 22.9 Å². The SMILES string of the molecule is O=C(CCc1nc(-c2ccc(-c3ccccc3)cc2)no1)Nc1ccccc1Br. The number of nitrogens with one attached hydrogen (secondary N) is 1. The second-order valence-electron chi connectivity index (χ2n) is 6.48. The molecule has 0 aliphatic heterocycles. The second kappa shape index (κ2) is 8.84. The highest BCUT2D eigenvalue weighted by molar-refractivity contribution is 9.10. The Balaban J connectivity index is 1.37. The first-order valence-electron chi connectivity index (χ1n) is 9.22. The minimum atomic E-state index is -0.108. The zero-order valence-electron chi connectivity index (χ0n) is 15.5. The number of halogens is 1. The largest absolute Gasteiger partial charge is 0.339 e. The molecule has 0 radical (unpaired) electrons. The lowest BCUT2D eigenvalue weighted by molar-refractivity contribution is -0.116. The van der Waals surface area contributed by atoms with Gasteiger partial charge in [0.1, 0.15) is 0 Å². The molecular weight excluding hydrogens is 430 g/mol. The van der Waals surface area contributed by atoms with Crippen LogP contribution in [0.1, 0.15) is 12.3 Å². The van der Waals surface area contributed by atoms with Crippen molar-refractivity contribution in [1.82, 2.24) is 10.1 Å². The number of carbonyl (C=O) groups is 1. The van der Waals surface area contributed by atoms with E-state index in [2.05, 4.69) is 43.5 Å². The van der Waals surface area contributed by atoms with Crippen molar-refractivity contribution >= 4 is 27.5 Å². The van der Waals surface area contributed by atoms with Crippen LogP contribution in [0.25, 0.3) is 22.5 Å². The Labute approximate surface area is 176 Å². The molecule has 1 aromatic heterocycles. The summed E-state index contributed by atoms with van der Waals surface area (Å²) in [5, 5.41) is 6.90. The topological polar surface area (TPSA) is 68.0 Å². The molecule has 144 valence electrons. The van der Waals surface area contributed by atoms with Crippen LogP contribution < -0.4 is 5.32 Å². The van der Waals surface area contributed by atoms with Crippen LogP contribution in [0.2, 0.25) is 0 Å². The average molecular weight is 448 g/mol. The highest BCUT2D eigenvalue weighted by atomic mass is 79.9. The first kappa shape index (κ1) is 19.1. The zero-order chi connectivity index (χ0) is 20.1. The molecule has 0 atom stereocenters. The maximum Gasteiger partial charge on any atom is 0.227 e. The number of benzene rings is 3. The van der Waals surface area contributed by atoms with E-state index in [1.54, 1.807) is 0 Å². The first-order valence-corrected chi connectivity index (χ1v) is 10.0. The molecule has 29 heavy (non-hydrogen) atoms. The summed E-state index contributed by atoms with van der Waals surface area (Å²) >= 11 is 3.41. The van der Waals surface area contributed by atoms with Crippen LogP contribution in [-0.2, 0) is 11.2 Å². The third-order valence-electron chi connectivity index (χ3n) is 4.43. The Morgan fingerprint density at radius 3 is 2.28 bits per heavy atom. The van der Waals surface area contributed by atoms with Crippen LogP contribution in [0.4, 0.5) is 5.69 Å². The van der Waals surface area contributed by atoms with Gasteiger partial charge in [0.15, 0.2) is 0 Å². The number of aromatic nitrogens is 2. The van der Waals surface area contributed by atoms with E-state index in [0.29, 0.717) is 18.1 Å². The molecule has 6 heteroatoms. The van der Waals surface area contributed by atoms with E-state index in [4.69, 9.17) is 4.52 Å². The predicted molar refractivity (Wildman–Crippen MR) is 116 cm³/mol. The van der Waals surface area contributed by atoms with Crippen LogP contribution in [0.15, 0.2) is 87.9 Å². The van der Waals surface area contributed by atoms with Crippen LogP contribution in [0.5, 0.6) is 0 Å². The Kier molecular flexibility index (Phi) is 5.81. The maximum absolute atomic E-state index is 12.2. The van der Waals surface area contributed by atoms with Crippen molar-refractivity contribution < 1.29 is 9.32 Å². The van der Waals surface area contributed by atoms with Gasteiger partial charge in [-0.2, -0.15) is 4.98 Å². The number of amides is 1. The van der Waals surface area contributed by atoms with Gasteiger partial charge >= 0.3 is 0 Å². The number of carbonyl (C=O) groups excluding carboxylic acids is 1. The highest BCUT2D eigenvalue weighted by Gasteiger charge is 2.12. The molecule has 5 nitrogen and oxygen atoms in total. The van der Waals surface area contributed by atoms with Crippen molar-refractivity contribution in [2.45, 2.75) is 12.8 Å². The predicted octanol–water partition coefficient (Wildman–Crippen LogP) is 5.74. The number of rotatable bonds is 6. The monoisotopic (exact) mass is 447 g/mol. The molecule has 0 bridgehead atoms. The highest BCUT2D eigenvalue weighted by Crippen LogP contribution is 2.24. The van der Waals surface area contributed by atoms with Gasteiger partial charge in [-0.15, -0.1) is 0 Å². The van der Waals surface area contributed by atoms with E-state index >= 15 is 0 Å². The van der Waals surface area contributed by atoms with Crippen LogP contribution in [0, 0.1) is 0 Å². The molecule has 0 aliphatic rings. The molecule has 1 heterocycles. The average Bonchev–Trinajstić information content (AvgIpc) is 3.24. The fraction of sp³-hybridized carbons (Fsp3) is 0.0870. The van der Waals surface area contributed by atoms with Crippen molar-refractivity contribution in [2.75, 3.05) is 5.32 Å². The van der Waals surface area contributed by atoms with E-state index < -0.39 is 0 Å². The van der Waals surface area contributed by atoms with Crippen LogP contribution in [-0.4, -0.2) is 16.0 Å². The van der Waals surface area contributed by atoms with Gasteiger partial charge < -0.3 is 9.84 Å². The van der Waals surface area contributed by atoms with Crippen LogP contribution >= 0.6 is 15.9 Å². The fourth-order valence-corrected chi connectivity index (χ4v) is 3.30. The summed E-state index contributed by atoms with van der Waals surface area (Å²) in [4.78, 5) is 16.6. The van der Waals surface area contributed by atoms with Gasteiger partial charge in [0.2, 0.25) is 17.6 Å². The summed E-state index contributed by atoms with van der Waals surface area (Å²) in [6.07, 6.45) is 0.640. The molecule has 0 aliphatic carbocycles. The van der Waals surface area contributed by atoms with Crippen molar-refractivity contribution in [1.29, 1.82) is 0 Å². The third kappa shape index (κ3) is 4.78. The summed E-state index contributed by atoms with van der Waals surface area (Å²) in [6.45, 7) is 0. The second-order valence-corrected chi connectivity index (χ2v) is 7.34. The Morgan fingerprint density at radius 2 is 1.52 bits per heavy atom. The third-order valence-corrected chi connectivity index (χ3v) is 5.12. The lowest BCUT2D eigenvalue weighted by atomic mass is 10.0. The van der Waals surface area contributed by atoms with E-state index in [0.717, 1.165) is 26.9 Å². The minimum Gasteiger partial charge on any atom is -0.339 e. The van der Waals surface area contributed by atoms with Crippen molar-refractivity contribution in [3.8, 4) is 22.5 Å². The van der Waals surface area contributed by atoms with E-state index in [-0.39, 0.29) is 12.3 Å². The van der Waals surface area contributed by atoms with E-state index in [9.17, 15) is 4.79 Å². The quantitative estimate of drug-likeness (QED) is 0.409. The Bertz CT molecular complexity index is 1110. The molecule has 0 unspecified atom stereocenters. The fourth-order valence-electron chi connectivity index (χ4n) is 2.91. The van der Waals surface area contributed by atoms with Crippen molar-refractivity contribution in [3.63, 3.8) is 0 Å². The van der Waals surface area contributed by atoms with Crippen molar-refractivity contribution in [3.05, 3.63) is 89.2 Å². The van der Waals surface area contributed by atoms with E-state index in [1.807, 2.05) is 66.7 Å². The molecule has 1 N–H and O–H groups in total. The Morgan fingerprint density at radius 1 is 0.862 bits per heavy atom. The molecule has 3 aromatic carbocycles. The standard InChI is InChI=1S/C23H18BrN3O2/c24-19-8-4-5-9-20(19)25-21(28)14-15-22-26-23(27-29-22)18-12-10-17(11-13-18)16-6-2-1-3-7-16/h1-13H,14-15H2,(H,25,28). The van der Waals surface area contributed by atoms with Gasteiger partial charge in [-0.25, -0.2) is 0 Å². The van der Waals surface area contributed by atoms with Crippen molar-refractivity contribution in [2.24, 2.45) is 0 Å². The number of aryl methyl sites for hydroxylation is 1. The number of para-hydroxylation sites is 1. The number of nitrogens with zero attached hydrogens (tertiary/aromatic N) is 2. The number of hydrogen-bond acceptors (Lipinski definition) is 4. The van der Waals surface area contributed by atoms with Gasteiger partial charge in [0.25, 0.3) is 0 Å². The van der Waals surface area contributed by atoms with Gasteiger partial charge in [-0.3, -0.25) is 4.79 Å². The summed E-state index contributed by atoms with van der Waals surface area (Å²) in [5.74, 6) is 0.851. The molecule has 0 saturated heterocycles. The first-order chi connectivity index (χ1) is 14.2. The maximum atomic E-state index is 12.2. The van der Waals surface area contributed by atoms with Gasteiger partial charge in [0.05, 0.1) is 5.69 Å². The lowest BCUT2D eigenvalue weighted by Gasteiger charge is -2.05. The van der Waals surface area contributed by atoms with Gasteiger partial charge in [-0.1, -0.05) is 71.9 Å². The molecule has 0 fully saturated rings. The normalized spacial score (nSPS) is 10.7. The Hall–Kier alpha value is -3.25. The smallest absolute Gasteiger partial charge is 0.227 e. The molecule has 0 spiro atoms. The zero-order valence-corrected chi connectivity index (χ0v) is 17.1. The summed E-state index contributed by atoms with van der Waals surface area (Å²) in [7, 11) is 0.